The van der Waals surface area contributed by atoms with E-state index in [4.69, 9.17) is 9.15 Å². The van der Waals surface area contributed by atoms with Crippen molar-refractivity contribution in [3.05, 3.63) is 76.5 Å². The van der Waals surface area contributed by atoms with Gasteiger partial charge in [-0.2, -0.15) is 0 Å². The Balaban J connectivity index is 1.50. The lowest BCUT2D eigenvalue weighted by Crippen LogP contribution is -2.16. The van der Waals surface area contributed by atoms with Gasteiger partial charge in [0, 0.05) is 17.0 Å². The molecule has 0 saturated carbocycles. The first-order valence-corrected chi connectivity index (χ1v) is 9.69. The number of ether oxygens (including phenoxy) is 1. The van der Waals surface area contributed by atoms with E-state index in [1.54, 1.807) is 6.26 Å². The minimum atomic E-state index is -0.441. The number of ketones is 1. The van der Waals surface area contributed by atoms with E-state index >= 15 is 0 Å². The van der Waals surface area contributed by atoms with E-state index in [0.29, 0.717) is 17.9 Å². The number of hydrogen-bond donors (Lipinski definition) is 1. The predicted molar refractivity (Wildman–Crippen MR) is 106 cm³/mol. The molecule has 0 spiro atoms. The molecule has 1 atom stereocenters. The van der Waals surface area contributed by atoms with Crippen LogP contribution in [0.4, 0.5) is 0 Å². The summed E-state index contributed by atoms with van der Waals surface area (Å²) in [6.45, 7) is 4.52. The van der Waals surface area contributed by atoms with Crippen molar-refractivity contribution < 1.29 is 19.1 Å². The lowest BCUT2D eigenvalue weighted by molar-refractivity contribution is 0.0919. The highest BCUT2D eigenvalue weighted by Gasteiger charge is 2.22. The Morgan fingerprint density at radius 2 is 2.14 bits per heavy atom. The van der Waals surface area contributed by atoms with Gasteiger partial charge in [0.25, 0.3) is 0 Å². The van der Waals surface area contributed by atoms with Gasteiger partial charge >= 0.3 is 0 Å². The smallest absolute Gasteiger partial charge is 0.202 e. The number of nitrogens with zero attached hydrogens (tertiary/aromatic N) is 1. The van der Waals surface area contributed by atoms with Crippen molar-refractivity contribution in [1.29, 1.82) is 0 Å². The molecule has 0 bridgehead atoms. The second-order valence-corrected chi connectivity index (χ2v) is 7.39. The number of rotatable bonds is 6. The molecule has 1 N–H and O–H groups in total. The number of aryl methyl sites for hydroxylation is 1. The molecule has 5 nitrogen and oxygen atoms in total. The molecule has 2 aromatic heterocycles. The zero-order chi connectivity index (χ0) is 19.7. The maximum absolute atomic E-state index is 12.8. The van der Waals surface area contributed by atoms with Crippen molar-refractivity contribution in [3.63, 3.8) is 0 Å². The fourth-order valence-electron chi connectivity index (χ4n) is 4.03. The minimum Gasteiger partial charge on any atom is -0.485 e. The maximum Gasteiger partial charge on any atom is 0.202 e. The Kier molecular flexibility index (Phi) is 5.09. The zero-order valence-electron chi connectivity index (χ0n) is 16.3. The lowest BCUT2D eigenvalue weighted by Gasteiger charge is -2.23. The summed E-state index contributed by atoms with van der Waals surface area (Å²) in [4.78, 5) is 12.8. The third-order valence-electron chi connectivity index (χ3n) is 5.56. The summed E-state index contributed by atoms with van der Waals surface area (Å²) in [5, 5.41) is 10.2. The van der Waals surface area contributed by atoms with Gasteiger partial charge in [-0.25, -0.2) is 0 Å². The Labute approximate surface area is 164 Å². The van der Waals surface area contributed by atoms with Gasteiger partial charge in [-0.3, -0.25) is 4.79 Å². The number of Topliss-reactive ketones (excluding diaryl/α,β-unsaturated/α-hetero) is 1. The first kappa shape index (κ1) is 18.6. The third kappa shape index (κ3) is 3.50. The van der Waals surface area contributed by atoms with Gasteiger partial charge < -0.3 is 18.8 Å². The van der Waals surface area contributed by atoms with Crippen LogP contribution in [-0.4, -0.2) is 22.1 Å². The molecule has 1 aliphatic carbocycles. The highest BCUT2D eigenvalue weighted by Crippen LogP contribution is 2.35. The van der Waals surface area contributed by atoms with Crippen LogP contribution in [0.5, 0.6) is 5.75 Å². The normalized spacial score (nSPS) is 16.0. The molecule has 1 aliphatic rings. The highest BCUT2D eigenvalue weighted by molar-refractivity contribution is 5.98. The summed E-state index contributed by atoms with van der Waals surface area (Å²) in [5.41, 5.74) is 4.55. The van der Waals surface area contributed by atoms with E-state index in [-0.39, 0.29) is 12.4 Å². The van der Waals surface area contributed by atoms with Crippen molar-refractivity contribution >= 4 is 5.78 Å². The Morgan fingerprint density at radius 3 is 2.93 bits per heavy atom. The lowest BCUT2D eigenvalue weighted by atomic mass is 9.89. The monoisotopic (exact) mass is 379 g/mol. The van der Waals surface area contributed by atoms with Crippen molar-refractivity contribution in [2.45, 2.75) is 45.8 Å². The number of fused-ring (bicyclic) bond motifs is 1. The molecular weight excluding hydrogens is 354 g/mol. The number of carbonyl (C=O) groups is 1. The minimum absolute atomic E-state index is 0.0163. The number of benzene rings is 1. The predicted octanol–water partition coefficient (Wildman–Crippen LogP) is 4.38. The summed E-state index contributed by atoms with van der Waals surface area (Å²) in [5.74, 6) is 1.51. The first-order chi connectivity index (χ1) is 13.5. The molecule has 1 aromatic carbocycles. The second kappa shape index (κ2) is 7.68. The Bertz CT molecular complexity index is 984. The summed E-state index contributed by atoms with van der Waals surface area (Å²) in [6.07, 6.45) is 3.78. The molecular formula is C23H25NO4. The molecule has 2 heterocycles. The van der Waals surface area contributed by atoms with Crippen LogP contribution in [0.1, 0.15) is 57.6 Å². The molecule has 0 saturated heterocycles. The number of aromatic nitrogens is 1. The van der Waals surface area contributed by atoms with E-state index in [1.807, 2.05) is 50.2 Å². The first-order valence-electron chi connectivity index (χ1n) is 9.69. The molecule has 0 aliphatic heterocycles. The van der Waals surface area contributed by atoms with Crippen LogP contribution < -0.4 is 4.74 Å². The van der Waals surface area contributed by atoms with E-state index < -0.39 is 6.10 Å². The topological polar surface area (TPSA) is 64.6 Å². The quantitative estimate of drug-likeness (QED) is 0.646. The molecule has 4 rings (SSSR count). The molecule has 28 heavy (non-hydrogen) atoms. The average Bonchev–Trinajstić information content (AvgIpc) is 3.30. The molecule has 3 aromatic rings. The molecule has 0 amide bonds. The zero-order valence-corrected chi connectivity index (χ0v) is 16.3. The Morgan fingerprint density at radius 1 is 1.29 bits per heavy atom. The maximum atomic E-state index is 12.8. The van der Waals surface area contributed by atoms with Crippen LogP contribution >= 0.6 is 0 Å². The van der Waals surface area contributed by atoms with E-state index in [1.165, 1.54) is 0 Å². The summed E-state index contributed by atoms with van der Waals surface area (Å²) < 4.78 is 13.4. The highest BCUT2D eigenvalue weighted by atomic mass is 16.5. The largest absolute Gasteiger partial charge is 0.485 e. The van der Waals surface area contributed by atoms with Gasteiger partial charge in [-0.05, 0) is 68.5 Å². The van der Waals surface area contributed by atoms with Crippen molar-refractivity contribution in [3.8, 4) is 5.75 Å². The van der Waals surface area contributed by atoms with Crippen molar-refractivity contribution in [1.82, 2.24) is 4.57 Å². The molecule has 5 heteroatoms. The van der Waals surface area contributed by atoms with Gasteiger partial charge in [0.1, 0.15) is 11.5 Å². The SMILES string of the molecule is Cc1cc(C(=O)COc2cccc3c2CCC[C@H]3O)c(C)n1Cc1ccco1. The van der Waals surface area contributed by atoms with Crippen LogP contribution in [-0.2, 0) is 13.0 Å². The summed E-state index contributed by atoms with van der Waals surface area (Å²) in [7, 11) is 0. The van der Waals surface area contributed by atoms with E-state index in [2.05, 4.69) is 4.57 Å². The van der Waals surface area contributed by atoms with Crippen LogP contribution in [0.25, 0.3) is 0 Å². The van der Waals surface area contributed by atoms with Gasteiger partial charge in [0.05, 0.1) is 18.9 Å². The average molecular weight is 379 g/mol. The fraction of sp³-hybridized carbons (Fsp3) is 0.348. The number of aliphatic hydroxyl groups excluding tert-OH is 1. The number of furan rings is 1. The van der Waals surface area contributed by atoms with Crippen molar-refractivity contribution in [2.24, 2.45) is 0 Å². The van der Waals surface area contributed by atoms with E-state index in [9.17, 15) is 9.90 Å². The van der Waals surface area contributed by atoms with Crippen LogP contribution in [0, 0.1) is 13.8 Å². The van der Waals surface area contributed by atoms with Gasteiger partial charge in [-0.1, -0.05) is 12.1 Å². The van der Waals surface area contributed by atoms with Gasteiger partial charge in [0.15, 0.2) is 6.61 Å². The number of aliphatic hydroxyl groups is 1. The molecule has 0 fully saturated rings. The fourth-order valence-corrected chi connectivity index (χ4v) is 4.03. The van der Waals surface area contributed by atoms with Gasteiger partial charge in [-0.15, -0.1) is 0 Å². The number of hydrogen-bond acceptors (Lipinski definition) is 4. The molecule has 0 unspecified atom stereocenters. The molecule has 146 valence electrons. The molecule has 0 radical (unpaired) electrons. The summed E-state index contributed by atoms with van der Waals surface area (Å²) >= 11 is 0. The second-order valence-electron chi connectivity index (χ2n) is 7.39. The van der Waals surface area contributed by atoms with Gasteiger partial charge in [0.2, 0.25) is 5.78 Å². The number of carbonyl (C=O) groups excluding carboxylic acids is 1. The van der Waals surface area contributed by atoms with Crippen LogP contribution in [0.15, 0.2) is 47.1 Å². The van der Waals surface area contributed by atoms with Crippen LogP contribution in [0.3, 0.4) is 0 Å². The van der Waals surface area contributed by atoms with E-state index in [0.717, 1.165) is 47.5 Å². The third-order valence-corrected chi connectivity index (χ3v) is 5.56. The van der Waals surface area contributed by atoms with Crippen molar-refractivity contribution in [2.75, 3.05) is 6.61 Å². The Hall–Kier alpha value is -2.79. The summed E-state index contributed by atoms with van der Waals surface area (Å²) in [6, 6.07) is 11.4. The standard InChI is InChI=1S/C23H25NO4/c1-15-12-20(16(2)24(15)13-17-6-5-11-27-17)22(26)14-28-23-10-4-7-18-19(23)8-3-9-21(18)25/h4-7,10-12,21,25H,3,8-9,13-14H2,1-2H3/t21-/m1/s1. The van der Waals surface area contributed by atoms with Crippen LogP contribution in [0.2, 0.25) is 0 Å².